The second-order valence-electron chi connectivity index (χ2n) is 4.41. The highest BCUT2D eigenvalue weighted by Gasteiger charge is 2.10. The van der Waals surface area contributed by atoms with E-state index in [1.165, 1.54) is 0 Å². The van der Waals surface area contributed by atoms with Gasteiger partial charge in [0.2, 0.25) is 0 Å². The van der Waals surface area contributed by atoms with Crippen molar-refractivity contribution in [2.45, 2.75) is 13.8 Å². The summed E-state index contributed by atoms with van der Waals surface area (Å²) in [6.45, 7) is 3.10. The number of aromatic nitrogens is 1. The third-order valence-corrected chi connectivity index (χ3v) is 2.59. The Bertz CT molecular complexity index is 695. The molecular formula is C13H15N7O4. The quantitative estimate of drug-likeness (QED) is 0.275. The lowest BCUT2D eigenvalue weighted by Crippen LogP contribution is -2.33. The minimum absolute atomic E-state index is 0.306. The Morgan fingerprint density at radius 2 is 1.25 bits per heavy atom. The highest BCUT2D eigenvalue weighted by Crippen LogP contribution is 2.02. The van der Waals surface area contributed by atoms with Gasteiger partial charge in [0.05, 0.1) is 22.8 Å². The molecule has 0 unspecified atom stereocenters. The molecule has 1 aromatic rings. The van der Waals surface area contributed by atoms with Gasteiger partial charge in [0.1, 0.15) is 0 Å². The fourth-order valence-electron chi connectivity index (χ4n) is 1.33. The Morgan fingerprint density at radius 3 is 1.58 bits per heavy atom. The smallest absolute Gasteiger partial charge is 0.329 e. The summed E-state index contributed by atoms with van der Waals surface area (Å²) in [6.07, 6.45) is 0. The number of rotatable bonds is 4. The summed E-state index contributed by atoms with van der Waals surface area (Å²) in [5.74, 6) is -4.45. The molecule has 24 heavy (non-hydrogen) atoms. The molecule has 1 rings (SSSR count). The molecule has 6 N–H and O–H groups in total. The Morgan fingerprint density at radius 1 is 0.875 bits per heavy atom. The summed E-state index contributed by atoms with van der Waals surface area (Å²) in [4.78, 5) is 47.5. The Balaban J connectivity index is 2.93. The van der Waals surface area contributed by atoms with E-state index in [9.17, 15) is 19.2 Å². The SMILES string of the molecule is C/C(=N\NC(=O)C(N)=O)c1cccc(/C(C)=N/NC(=O)C(N)=O)n1. The number of nitrogens with zero attached hydrogens (tertiary/aromatic N) is 3. The number of hydrogen-bond donors (Lipinski definition) is 4. The van der Waals surface area contributed by atoms with Crippen LogP contribution in [0.1, 0.15) is 25.2 Å². The van der Waals surface area contributed by atoms with Crippen LogP contribution >= 0.6 is 0 Å². The van der Waals surface area contributed by atoms with Crippen LogP contribution in [0, 0.1) is 0 Å². The predicted octanol–water partition coefficient (Wildman–Crippen LogP) is -2.27. The zero-order valence-corrected chi connectivity index (χ0v) is 12.9. The molecule has 0 spiro atoms. The van der Waals surface area contributed by atoms with E-state index < -0.39 is 23.6 Å². The molecule has 0 saturated carbocycles. The van der Waals surface area contributed by atoms with Crippen LogP contribution in [0.3, 0.4) is 0 Å². The number of amides is 4. The zero-order chi connectivity index (χ0) is 18.3. The summed E-state index contributed by atoms with van der Waals surface area (Å²) < 4.78 is 0. The third kappa shape index (κ3) is 5.29. The molecule has 0 aliphatic carbocycles. The molecule has 0 aromatic carbocycles. The molecule has 0 radical (unpaired) electrons. The number of carbonyl (C=O) groups is 4. The Hall–Kier alpha value is -3.63. The molecule has 0 bridgehead atoms. The molecule has 0 aliphatic rings. The van der Waals surface area contributed by atoms with Gasteiger partial charge in [0.15, 0.2) is 0 Å². The van der Waals surface area contributed by atoms with Crippen LogP contribution in [0.2, 0.25) is 0 Å². The first-order valence-corrected chi connectivity index (χ1v) is 6.48. The van der Waals surface area contributed by atoms with Crippen molar-refractivity contribution >= 4 is 35.1 Å². The minimum atomic E-state index is -1.17. The highest BCUT2D eigenvalue weighted by atomic mass is 16.2. The van der Waals surface area contributed by atoms with Gasteiger partial charge in [-0.1, -0.05) is 6.07 Å². The van der Waals surface area contributed by atoms with Gasteiger partial charge in [-0.05, 0) is 26.0 Å². The number of primary amides is 2. The summed E-state index contributed by atoms with van der Waals surface area (Å²) in [6, 6.07) is 4.85. The predicted molar refractivity (Wildman–Crippen MR) is 83.3 cm³/mol. The average molecular weight is 333 g/mol. The van der Waals surface area contributed by atoms with Crippen molar-refractivity contribution in [1.82, 2.24) is 15.8 Å². The Labute approximate surface area is 136 Å². The molecular weight excluding hydrogens is 318 g/mol. The van der Waals surface area contributed by atoms with E-state index in [-0.39, 0.29) is 0 Å². The van der Waals surface area contributed by atoms with Gasteiger partial charge in [-0.15, -0.1) is 0 Å². The average Bonchev–Trinajstić information content (AvgIpc) is 2.56. The van der Waals surface area contributed by atoms with Crippen LogP contribution in [0.4, 0.5) is 0 Å². The van der Waals surface area contributed by atoms with Crippen LogP contribution in [0.25, 0.3) is 0 Å². The first kappa shape index (κ1) is 18.4. The van der Waals surface area contributed by atoms with Crippen molar-refractivity contribution in [3.63, 3.8) is 0 Å². The molecule has 1 aromatic heterocycles. The Kier molecular flexibility index (Phi) is 6.23. The van der Waals surface area contributed by atoms with E-state index in [0.29, 0.717) is 22.8 Å². The normalized spacial score (nSPS) is 11.6. The molecule has 11 nitrogen and oxygen atoms in total. The summed E-state index contributed by atoms with van der Waals surface area (Å²) in [5, 5.41) is 7.39. The number of carbonyl (C=O) groups excluding carboxylic acids is 4. The second-order valence-corrected chi connectivity index (χ2v) is 4.41. The van der Waals surface area contributed by atoms with E-state index >= 15 is 0 Å². The lowest BCUT2D eigenvalue weighted by Gasteiger charge is -2.04. The van der Waals surface area contributed by atoms with E-state index in [1.54, 1.807) is 32.0 Å². The van der Waals surface area contributed by atoms with Crippen LogP contribution in [-0.2, 0) is 19.2 Å². The number of pyridine rings is 1. The fraction of sp³-hybridized carbons (Fsp3) is 0.154. The number of hydrazone groups is 2. The van der Waals surface area contributed by atoms with Crippen molar-refractivity contribution in [2.24, 2.45) is 21.7 Å². The van der Waals surface area contributed by atoms with Crippen LogP contribution in [0.15, 0.2) is 28.4 Å². The van der Waals surface area contributed by atoms with E-state index in [1.807, 2.05) is 10.9 Å². The van der Waals surface area contributed by atoms with E-state index in [4.69, 9.17) is 11.5 Å². The van der Waals surface area contributed by atoms with E-state index in [2.05, 4.69) is 15.2 Å². The monoisotopic (exact) mass is 333 g/mol. The van der Waals surface area contributed by atoms with Crippen LogP contribution in [-0.4, -0.2) is 40.0 Å². The summed E-state index contributed by atoms with van der Waals surface area (Å²) >= 11 is 0. The molecule has 0 fully saturated rings. The van der Waals surface area contributed by atoms with Crippen molar-refractivity contribution in [3.8, 4) is 0 Å². The lowest BCUT2D eigenvalue weighted by molar-refractivity contribution is -0.137. The largest absolute Gasteiger partial charge is 0.361 e. The van der Waals surface area contributed by atoms with Gasteiger partial charge in [0, 0.05) is 0 Å². The van der Waals surface area contributed by atoms with Crippen LogP contribution < -0.4 is 22.3 Å². The molecule has 4 amide bonds. The van der Waals surface area contributed by atoms with Gasteiger partial charge in [-0.25, -0.2) is 15.8 Å². The molecule has 126 valence electrons. The van der Waals surface area contributed by atoms with Crippen molar-refractivity contribution in [2.75, 3.05) is 0 Å². The van der Waals surface area contributed by atoms with Crippen molar-refractivity contribution in [3.05, 3.63) is 29.6 Å². The summed E-state index contributed by atoms with van der Waals surface area (Å²) in [7, 11) is 0. The fourth-order valence-corrected chi connectivity index (χ4v) is 1.33. The molecule has 0 atom stereocenters. The maximum absolute atomic E-state index is 11.0. The number of hydrogen-bond acceptors (Lipinski definition) is 7. The van der Waals surface area contributed by atoms with Gasteiger partial charge in [-0.2, -0.15) is 10.2 Å². The maximum Gasteiger partial charge on any atom is 0.329 e. The van der Waals surface area contributed by atoms with Gasteiger partial charge in [-0.3, -0.25) is 19.2 Å². The van der Waals surface area contributed by atoms with Gasteiger partial charge < -0.3 is 11.5 Å². The topological polar surface area (TPSA) is 182 Å². The first-order valence-electron chi connectivity index (χ1n) is 6.48. The minimum Gasteiger partial charge on any atom is -0.361 e. The highest BCUT2D eigenvalue weighted by molar-refractivity contribution is 6.34. The first-order chi connectivity index (χ1) is 11.2. The molecule has 11 heteroatoms. The lowest BCUT2D eigenvalue weighted by atomic mass is 10.2. The van der Waals surface area contributed by atoms with Crippen LogP contribution in [0.5, 0.6) is 0 Å². The molecule has 0 saturated heterocycles. The van der Waals surface area contributed by atoms with Crippen molar-refractivity contribution < 1.29 is 19.2 Å². The molecule has 0 aliphatic heterocycles. The molecule has 1 heterocycles. The van der Waals surface area contributed by atoms with Crippen molar-refractivity contribution in [1.29, 1.82) is 0 Å². The number of nitrogens with one attached hydrogen (secondary N) is 2. The van der Waals surface area contributed by atoms with Gasteiger partial charge >= 0.3 is 23.6 Å². The standard InChI is InChI=1S/C13H15N7O4/c1-6(17-19-12(23)10(14)21)8-4-3-5-9(16-8)7(2)18-20-13(24)11(15)22/h3-5H,1-2H3,(H2,14,21)(H2,15,22)(H,19,23)(H,20,24)/b17-6+,18-7+. The maximum atomic E-state index is 11.0. The third-order valence-electron chi connectivity index (χ3n) is 2.59. The van der Waals surface area contributed by atoms with Gasteiger partial charge in [0.25, 0.3) is 0 Å². The summed E-state index contributed by atoms with van der Waals surface area (Å²) in [5.41, 5.74) is 14.9. The number of nitrogens with two attached hydrogens (primary N) is 2. The van der Waals surface area contributed by atoms with E-state index in [0.717, 1.165) is 0 Å². The second kappa shape index (κ2) is 8.12. The zero-order valence-electron chi connectivity index (χ0n) is 12.9.